The molecule has 4 rings (SSSR count). The van der Waals surface area contributed by atoms with Crippen molar-refractivity contribution >= 4 is 17.1 Å². The summed E-state index contributed by atoms with van der Waals surface area (Å²) in [4.78, 5) is 22.0. The van der Waals surface area contributed by atoms with Gasteiger partial charge in [-0.2, -0.15) is 0 Å². The lowest BCUT2D eigenvalue weighted by molar-refractivity contribution is -0.156. The van der Waals surface area contributed by atoms with Crippen LogP contribution in [0.3, 0.4) is 0 Å². The average Bonchev–Trinajstić information content (AvgIpc) is 3.12. The summed E-state index contributed by atoms with van der Waals surface area (Å²) in [7, 11) is 0. The number of pyridine rings is 1. The molecule has 266 valence electrons. The lowest BCUT2D eigenvalue weighted by atomic mass is 9.88. The van der Waals surface area contributed by atoms with Crippen molar-refractivity contribution in [2.75, 3.05) is 26.2 Å². The maximum absolute atomic E-state index is 12.6. The van der Waals surface area contributed by atoms with Gasteiger partial charge in [0.1, 0.15) is 11.4 Å². The molecule has 0 radical (unpaired) electrons. The minimum absolute atomic E-state index is 0.205. The standard InChI is InChI=1S/C45H53N3O3/c1-9-42(36-17-15-14-16-18-36)44(38-25-27-41(28-26-38)50-13-5)37-23-21-34(22-24-37)19-20-35-29-39(31-47(10-2)11-3)46-40(30-35)32-48(12-4)33-43(49)51-45(6,7)8/h13-18,21-30H,5,9-12,31-33H2,1-4,6-8H3/b44-42-. The monoisotopic (exact) mass is 683 g/mol. The molecule has 4 aromatic rings. The van der Waals surface area contributed by atoms with Gasteiger partial charge < -0.3 is 9.47 Å². The van der Waals surface area contributed by atoms with Crippen molar-refractivity contribution in [3.05, 3.63) is 143 Å². The summed E-state index contributed by atoms with van der Waals surface area (Å²) in [5.74, 6) is 7.34. The Balaban J connectivity index is 1.67. The summed E-state index contributed by atoms with van der Waals surface area (Å²) in [6.45, 7) is 21.9. The van der Waals surface area contributed by atoms with Gasteiger partial charge in [0.2, 0.25) is 0 Å². The molecule has 0 N–H and O–H groups in total. The molecule has 0 unspecified atom stereocenters. The molecule has 1 heterocycles. The molecule has 0 fully saturated rings. The minimum atomic E-state index is -0.524. The van der Waals surface area contributed by atoms with Gasteiger partial charge in [0.05, 0.1) is 24.2 Å². The second-order valence-electron chi connectivity index (χ2n) is 13.4. The van der Waals surface area contributed by atoms with E-state index >= 15 is 0 Å². The zero-order chi connectivity index (χ0) is 36.8. The van der Waals surface area contributed by atoms with Gasteiger partial charge in [0, 0.05) is 24.2 Å². The number of hydrogen-bond acceptors (Lipinski definition) is 6. The number of nitrogens with zero attached hydrogens (tertiary/aromatic N) is 3. The van der Waals surface area contributed by atoms with Gasteiger partial charge >= 0.3 is 5.97 Å². The van der Waals surface area contributed by atoms with Crippen LogP contribution in [-0.2, 0) is 22.6 Å². The van der Waals surface area contributed by atoms with Crippen molar-refractivity contribution in [1.29, 1.82) is 0 Å². The van der Waals surface area contributed by atoms with Gasteiger partial charge in [-0.25, -0.2) is 0 Å². The molecular weight excluding hydrogens is 631 g/mol. The molecule has 3 aromatic carbocycles. The topological polar surface area (TPSA) is 54.9 Å². The van der Waals surface area contributed by atoms with Gasteiger partial charge in [-0.15, -0.1) is 0 Å². The molecule has 6 heteroatoms. The molecular formula is C45H53N3O3. The molecule has 0 aliphatic carbocycles. The quantitative estimate of drug-likeness (QED) is 0.0539. The zero-order valence-electron chi connectivity index (χ0n) is 31.5. The summed E-state index contributed by atoms with van der Waals surface area (Å²) in [6, 6.07) is 31.3. The lowest BCUT2D eigenvalue weighted by Gasteiger charge is -2.24. The highest BCUT2D eigenvalue weighted by molar-refractivity contribution is 5.98. The zero-order valence-corrected chi connectivity index (χ0v) is 31.5. The summed E-state index contributed by atoms with van der Waals surface area (Å²) >= 11 is 0. The minimum Gasteiger partial charge on any atom is -0.466 e. The number of carbonyl (C=O) groups is 1. The van der Waals surface area contributed by atoms with E-state index in [1.165, 1.54) is 23.0 Å². The third-order valence-corrected chi connectivity index (χ3v) is 8.48. The first kappa shape index (κ1) is 38.8. The molecule has 6 nitrogen and oxygen atoms in total. The van der Waals surface area contributed by atoms with Crippen molar-refractivity contribution in [2.24, 2.45) is 0 Å². The molecule has 0 amide bonds. The van der Waals surface area contributed by atoms with Gasteiger partial charge in [0.25, 0.3) is 0 Å². The van der Waals surface area contributed by atoms with Gasteiger partial charge in [-0.1, -0.05) is 101 Å². The summed E-state index contributed by atoms with van der Waals surface area (Å²) in [5.41, 5.74) is 9.04. The Labute approximate surface area is 305 Å². The van der Waals surface area contributed by atoms with Crippen LogP contribution in [-0.4, -0.2) is 52.5 Å². The number of benzene rings is 3. The van der Waals surface area contributed by atoms with E-state index in [1.54, 1.807) is 0 Å². The van der Waals surface area contributed by atoms with Crippen LogP contribution in [0, 0.1) is 11.8 Å². The van der Waals surface area contributed by atoms with Crippen LogP contribution in [0.25, 0.3) is 11.1 Å². The first-order valence-corrected chi connectivity index (χ1v) is 18.0. The maximum Gasteiger partial charge on any atom is 0.320 e. The van der Waals surface area contributed by atoms with Crippen LogP contribution in [0.4, 0.5) is 0 Å². The van der Waals surface area contributed by atoms with E-state index in [-0.39, 0.29) is 12.5 Å². The highest BCUT2D eigenvalue weighted by Gasteiger charge is 2.19. The SMILES string of the molecule is C=COc1ccc(/C(=C(/CC)c2ccccc2)c2ccc(C#Cc3cc(CN(CC)CC)nc(CN(CC)CC(=O)OC(C)(C)C)c3)cc2)cc1. The fourth-order valence-corrected chi connectivity index (χ4v) is 5.97. The van der Waals surface area contributed by atoms with Crippen molar-refractivity contribution in [2.45, 2.75) is 73.6 Å². The summed E-state index contributed by atoms with van der Waals surface area (Å²) in [5, 5.41) is 0. The second kappa shape index (κ2) is 18.9. The van der Waals surface area contributed by atoms with Crippen LogP contribution in [0.5, 0.6) is 5.75 Å². The van der Waals surface area contributed by atoms with Crippen LogP contribution < -0.4 is 4.74 Å². The number of likely N-dealkylation sites (N-methyl/N-ethyl adjacent to an activating group) is 1. The summed E-state index contributed by atoms with van der Waals surface area (Å²) < 4.78 is 11.1. The molecule has 0 aliphatic heterocycles. The second-order valence-corrected chi connectivity index (χ2v) is 13.4. The smallest absolute Gasteiger partial charge is 0.320 e. The summed E-state index contributed by atoms with van der Waals surface area (Å²) in [6.07, 6.45) is 2.32. The Hall–Kier alpha value is -4.96. The molecule has 0 saturated carbocycles. The van der Waals surface area contributed by atoms with E-state index in [0.717, 1.165) is 65.4 Å². The van der Waals surface area contributed by atoms with Gasteiger partial charge in [-0.05, 0) is 111 Å². The van der Waals surface area contributed by atoms with E-state index in [4.69, 9.17) is 14.5 Å². The Morgan fingerprint density at radius 2 is 1.29 bits per heavy atom. The Bertz CT molecular complexity index is 1820. The van der Waals surface area contributed by atoms with Crippen LogP contribution in [0.2, 0.25) is 0 Å². The first-order chi connectivity index (χ1) is 24.5. The van der Waals surface area contributed by atoms with Crippen LogP contribution in [0.1, 0.15) is 94.1 Å². The highest BCUT2D eigenvalue weighted by atomic mass is 16.6. The lowest BCUT2D eigenvalue weighted by Crippen LogP contribution is -2.34. The number of carbonyl (C=O) groups excluding carboxylic acids is 1. The van der Waals surface area contributed by atoms with E-state index in [0.29, 0.717) is 13.1 Å². The third kappa shape index (κ3) is 11.8. The molecule has 0 saturated heterocycles. The first-order valence-electron chi connectivity index (χ1n) is 18.0. The highest BCUT2D eigenvalue weighted by Crippen LogP contribution is 2.35. The predicted octanol–water partition coefficient (Wildman–Crippen LogP) is 9.38. The number of aromatic nitrogens is 1. The van der Waals surface area contributed by atoms with E-state index in [2.05, 4.69) is 116 Å². The number of allylic oxidation sites excluding steroid dienone is 1. The van der Waals surface area contributed by atoms with Crippen molar-refractivity contribution in [3.63, 3.8) is 0 Å². The largest absolute Gasteiger partial charge is 0.466 e. The van der Waals surface area contributed by atoms with Gasteiger partial charge in [0.15, 0.2) is 0 Å². The fourth-order valence-electron chi connectivity index (χ4n) is 5.97. The molecule has 0 spiro atoms. The molecule has 0 atom stereocenters. The van der Waals surface area contributed by atoms with Crippen molar-refractivity contribution < 1.29 is 14.3 Å². The van der Waals surface area contributed by atoms with E-state index in [9.17, 15) is 4.79 Å². The number of ether oxygens (including phenoxy) is 2. The Morgan fingerprint density at radius 1 is 0.745 bits per heavy atom. The number of esters is 1. The maximum atomic E-state index is 12.6. The predicted molar refractivity (Wildman–Crippen MR) is 210 cm³/mol. The molecule has 1 aromatic heterocycles. The van der Waals surface area contributed by atoms with Crippen molar-refractivity contribution in [3.8, 4) is 17.6 Å². The fraction of sp³-hybridized carbons (Fsp3) is 0.333. The van der Waals surface area contributed by atoms with Gasteiger partial charge in [-0.3, -0.25) is 19.6 Å². The average molecular weight is 684 g/mol. The Morgan fingerprint density at radius 3 is 1.82 bits per heavy atom. The van der Waals surface area contributed by atoms with E-state index in [1.807, 2.05) is 52.0 Å². The van der Waals surface area contributed by atoms with Crippen LogP contribution in [0.15, 0.2) is 104 Å². The number of rotatable bonds is 15. The normalized spacial score (nSPS) is 11.9. The third-order valence-electron chi connectivity index (χ3n) is 8.48. The molecule has 0 bridgehead atoms. The number of hydrogen-bond donors (Lipinski definition) is 0. The van der Waals surface area contributed by atoms with E-state index < -0.39 is 5.60 Å². The molecule has 0 aliphatic rings. The van der Waals surface area contributed by atoms with Crippen molar-refractivity contribution in [1.82, 2.24) is 14.8 Å². The Kier molecular flexibility index (Phi) is 14.4. The molecule has 51 heavy (non-hydrogen) atoms. The van der Waals surface area contributed by atoms with Crippen LogP contribution >= 0.6 is 0 Å².